The molecule has 0 bridgehead atoms. The van der Waals surface area contributed by atoms with Crippen molar-refractivity contribution in [3.05, 3.63) is 23.9 Å². The van der Waals surface area contributed by atoms with Gasteiger partial charge in [-0.15, -0.1) is 0 Å². The molecule has 2 aliphatic carbocycles. The van der Waals surface area contributed by atoms with E-state index in [-0.39, 0.29) is 47.0 Å². The van der Waals surface area contributed by atoms with Crippen LogP contribution in [0.15, 0.2) is 18.3 Å². The number of primary amides is 1. The van der Waals surface area contributed by atoms with Gasteiger partial charge in [-0.1, -0.05) is 19.8 Å². The summed E-state index contributed by atoms with van der Waals surface area (Å²) in [7, 11) is 0. The van der Waals surface area contributed by atoms with Crippen LogP contribution in [0.25, 0.3) is 0 Å². The maximum absolute atomic E-state index is 12.5. The summed E-state index contributed by atoms with van der Waals surface area (Å²) < 4.78 is 5.87. The van der Waals surface area contributed by atoms with E-state index in [4.69, 9.17) is 10.5 Å². The lowest BCUT2D eigenvalue weighted by atomic mass is 9.52. The topological polar surface area (TPSA) is 115 Å². The zero-order valence-electron chi connectivity index (χ0n) is 16.0. The van der Waals surface area contributed by atoms with Crippen LogP contribution in [0.5, 0.6) is 5.88 Å². The van der Waals surface area contributed by atoms with Gasteiger partial charge in [-0.05, 0) is 49.7 Å². The molecule has 0 unspecified atom stereocenters. The molecule has 3 fully saturated rings. The van der Waals surface area contributed by atoms with Gasteiger partial charge in [-0.3, -0.25) is 14.5 Å². The molecule has 150 valence electrons. The van der Waals surface area contributed by atoms with Gasteiger partial charge in [-0.2, -0.15) is 0 Å². The maximum atomic E-state index is 12.5. The number of hydrogen-bond donors (Lipinski definition) is 2. The predicted octanol–water partition coefficient (Wildman–Crippen LogP) is 1.98. The van der Waals surface area contributed by atoms with Crippen LogP contribution in [-0.2, 0) is 4.79 Å². The third-order valence-corrected chi connectivity index (χ3v) is 6.24. The number of nitrogens with zero attached hydrogens (tertiary/aromatic N) is 2. The number of ether oxygens (including phenoxy) is 1. The highest BCUT2D eigenvalue weighted by atomic mass is 16.5. The molecule has 4 rings (SSSR count). The summed E-state index contributed by atoms with van der Waals surface area (Å²) in [5.74, 6) is -0.361. The van der Waals surface area contributed by atoms with E-state index in [2.05, 4.69) is 17.2 Å². The fourth-order valence-corrected chi connectivity index (χ4v) is 4.77. The van der Waals surface area contributed by atoms with E-state index in [1.165, 1.54) is 4.90 Å². The number of carbonyl (C=O) groups excluding carboxylic acids is 3. The molecule has 1 aromatic rings. The molecule has 2 heterocycles. The Labute approximate surface area is 163 Å². The molecule has 1 saturated heterocycles. The van der Waals surface area contributed by atoms with Crippen LogP contribution in [0.1, 0.15) is 62.2 Å². The van der Waals surface area contributed by atoms with Gasteiger partial charge < -0.3 is 15.8 Å². The second-order valence-corrected chi connectivity index (χ2v) is 8.28. The molecule has 3 aliphatic rings. The number of hydrogen-bond acceptors (Lipinski definition) is 5. The number of unbranched alkanes of at least 4 members (excludes halogenated alkanes) is 1. The van der Waals surface area contributed by atoms with E-state index < -0.39 is 5.91 Å². The first-order valence-electron chi connectivity index (χ1n) is 9.97. The smallest absolute Gasteiger partial charge is 0.325 e. The normalized spacial score (nSPS) is 31.3. The van der Waals surface area contributed by atoms with Crippen molar-refractivity contribution in [2.75, 3.05) is 0 Å². The number of amides is 4. The van der Waals surface area contributed by atoms with Gasteiger partial charge in [0.15, 0.2) is 0 Å². The summed E-state index contributed by atoms with van der Waals surface area (Å²) in [5, 5.41) is 2.82. The zero-order chi connectivity index (χ0) is 19.9. The highest BCUT2D eigenvalue weighted by Gasteiger charge is 2.58. The fraction of sp³-hybridized carbons (Fsp3) is 0.600. The Kier molecular flexibility index (Phi) is 4.72. The summed E-state index contributed by atoms with van der Waals surface area (Å²) in [6.45, 7) is 2.07. The predicted molar refractivity (Wildman–Crippen MR) is 101 cm³/mol. The molecular weight excluding hydrogens is 360 g/mol. The Morgan fingerprint density at radius 3 is 2.79 bits per heavy atom. The van der Waals surface area contributed by atoms with Gasteiger partial charge in [0.1, 0.15) is 17.7 Å². The highest BCUT2D eigenvalue weighted by molar-refractivity contribution is 6.04. The molecule has 0 radical (unpaired) electrons. The Balaban J connectivity index is 1.29. The number of nitrogens with one attached hydrogen (secondary N) is 1. The molecule has 4 amide bonds. The second-order valence-electron chi connectivity index (χ2n) is 8.28. The van der Waals surface area contributed by atoms with Gasteiger partial charge in [0.05, 0.1) is 0 Å². The number of pyridine rings is 1. The van der Waals surface area contributed by atoms with Crippen LogP contribution in [0.4, 0.5) is 4.79 Å². The van der Waals surface area contributed by atoms with Crippen molar-refractivity contribution in [2.45, 2.75) is 70.1 Å². The summed E-state index contributed by atoms with van der Waals surface area (Å²) in [4.78, 5) is 41.8. The average Bonchev–Trinajstić information content (AvgIpc) is 2.88. The number of imide groups is 1. The fourth-order valence-electron chi connectivity index (χ4n) is 4.77. The summed E-state index contributed by atoms with van der Waals surface area (Å²) >= 11 is 0. The monoisotopic (exact) mass is 386 g/mol. The Morgan fingerprint density at radius 1 is 1.36 bits per heavy atom. The van der Waals surface area contributed by atoms with Crippen molar-refractivity contribution in [2.24, 2.45) is 11.1 Å². The largest absolute Gasteiger partial charge is 0.474 e. The third-order valence-electron chi connectivity index (χ3n) is 6.24. The number of aromatic nitrogens is 1. The van der Waals surface area contributed by atoms with Crippen LogP contribution in [0.2, 0.25) is 0 Å². The van der Waals surface area contributed by atoms with Crippen molar-refractivity contribution in [3.8, 4) is 5.88 Å². The number of urea groups is 1. The second kappa shape index (κ2) is 7.07. The van der Waals surface area contributed by atoms with E-state index in [0.29, 0.717) is 6.42 Å². The number of rotatable bonds is 7. The summed E-state index contributed by atoms with van der Waals surface area (Å²) in [5.41, 5.74) is 5.77. The molecule has 1 aliphatic heterocycles. The maximum Gasteiger partial charge on any atom is 0.325 e. The van der Waals surface area contributed by atoms with Crippen LogP contribution in [-0.4, -0.2) is 45.9 Å². The van der Waals surface area contributed by atoms with Gasteiger partial charge in [0.2, 0.25) is 5.88 Å². The van der Waals surface area contributed by atoms with E-state index >= 15 is 0 Å². The van der Waals surface area contributed by atoms with Gasteiger partial charge >= 0.3 is 6.03 Å². The standard InChI is InChI=1S/C20H26N4O4/c1-2-3-6-15-18(26)24(19(27)23-15)12-8-20(9-12)10-13(11-20)28-17-14(16(21)25)5-4-7-22-17/h4-5,7,12-13,15H,2-3,6,8-11H2,1H3,(H2,21,25)(H,23,27)/t12?,13?,15-,20?/m0/s1. The first-order valence-corrected chi connectivity index (χ1v) is 9.97. The van der Waals surface area contributed by atoms with E-state index in [0.717, 1.165) is 38.5 Å². The van der Waals surface area contributed by atoms with Gasteiger partial charge in [0.25, 0.3) is 11.8 Å². The molecule has 28 heavy (non-hydrogen) atoms. The Morgan fingerprint density at radius 2 is 2.11 bits per heavy atom. The van der Waals surface area contributed by atoms with Crippen LogP contribution < -0.4 is 15.8 Å². The van der Waals surface area contributed by atoms with Crippen molar-refractivity contribution in [3.63, 3.8) is 0 Å². The molecule has 1 spiro atoms. The number of nitrogens with two attached hydrogens (primary N) is 1. The first kappa shape index (κ1) is 18.7. The van der Waals surface area contributed by atoms with Crippen LogP contribution >= 0.6 is 0 Å². The van der Waals surface area contributed by atoms with Gasteiger partial charge in [0, 0.05) is 12.2 Å². The molecule has 8 nitrogen and oxygen atoms in total. The highest BCUT2D eigenvalue weighted by Crippen LogP contribution is 2.58. The molecule has 8 heteroatoms. The molecule has 2 saturated carbocycles. The summed E-state index contributed by atoms with van der Waals surface area (Å²) in [6, 6.07) is 2.62. The lowest BCUT2D eigenvalue weighted by molar-refractivity contribution is -0.140. The van der Waals surface area contributed by atoms with Crippen molar-refractivity contribution in [1.29, 1.82) is 0 Å². The minimum Gasteiger partial charge on any atom is -0.474 e. The minimum atomic E-state index is -0.558. The molecule has 1 atom stereocenters. The van der Waals surface area contributed by atoms with Crippen molar-refractivity contribution >= 4 is 17.8 Å². The molecular formula is C20H26N4O4. The lowest BCUT2D eigenvalue weighted by Crippen LogP contribution is -2.60. The Hall–Kier alpha value is -2.64. The van der Waals surface area contributed by atoms with E-state index in [1.54, 1.807) is 18.3 Å². The van der Waals surface area contributed by atoms with Gasteiger partial charge in [-0.25, -0.2) is 9.78 Å². The molecule has 1 aromatic heterocycles. The molecule has 0 aromatic carbocycles. The van der Waals surface area contributed by atoms with E-state index in [9.17, 15) is 14.4 Å². The quantitative estimate of drug-likeness (QED) is 0.696. The number of carbonyl (C=O) groups is 3. The van der Waals surface area contributed by atoms with Crippen LogP contribution in [0, 0.1) is 5.41 Å². The average molecular weight is 386 g/mol. The first-order chi connectivity index (χ1) is 13.4. The minimum absolute atomic E-state index is 0.0175. The van der Waals surface area contributed by atoms with E-state index in [1.807, 2.05) is 0 Å². The van der Waals surface area contributed by atoms with Crippen molar-refractivity contribution in [1.82, 2.24) is 15.2 Å². The SMILES string of the molecule is CCCC[C@@H]1NC(=O)N(C2CC3(CC(Oc4ncccc4C(N)=O)C3)C2)C1=O. The Bertz CT molecular complexity index is 797. The summed E-state index contributed by atoms with van der Waals surface area (Å²) in [6.07, 6.45) is 7.49. The third kappa shape index (κ3) is 3.21. The van der Waals surface area contributed by atoms with Crippen molar-refractivity contribution < 1.29 is 19.1 Å². The zero-order valence-corrected chi connectivity index (χ0v) is 16.0. The van der Waals surface area contributed by atoms with Crippen LogP contribution in [0.3, 0.4) is 0 Å². The molecule has 3 N–H and O–H groups in total. The lowest BCUT2D eigenvalue weighted by Gasteiger charge is -2.58.